The molecule has 0 saturated carbocycles. The first kappa shape index (κ1) is 20.6. The van der Waals surface area contributed by atoms with Crippen molar-refractivity contribution < 1.29 is 8.97 Å². The average Bonchev–Trinajstić information content (AvgIpc) is 2.89. The molecule has 1 aliphatic rings. The van der Waals surface area contributed by atoms with Crippen molar-refractivity contribution in [2.75, 3.05) is 25.0 Å². The molecule has 1 unspecified atom stereocenters. The van der Waals surface area contributed by atoms with Crippen LogP contribution in [0.1, 0.15) is 45.2 Å². The van der Waals surface area contributed by atoms with Crippen LogP contribution >= 0.6 is 11.6 Å². The highest BCUT2D eigenvalue weighted by atomic mass is 35.5. The van der Waals surface area contributed by atoms with E-state index < -0.39 is 0 Å². The van der Waals surface area contributed by atoms with E-state index in [0.717, 1.165) is 41.6 Å². The molecule has 1 atom stereocenters. The quantitative estimate of drug-likeness (QED) is 0.507. The minimum atomic E-state index is -0.194. The van der Waals surface area contributed by atoms with E-state index in [1.807, 2.05) is 30.4 Å². The molecule has 4 heteroatoms. The van der Waals surface area contributed by atoms with Gasteiger partial charge in [0.2, 0.25) is 5.69 Å². The zero-order chi connectivity index (χ0) is 20.5. The van der Waals surface area contributed by atoms with E-state index in [0.29, 0.717) is 5.56 Å². The van der Waals surface area contributed by atoms with E-state index >= 15 is 0 Å². The van der Waals surface area contributed by atoms with Crippen LogP contribution in [-0.2, 0) is 5.41 Å². The van der Waals surface area contributed by atoms with Gasteiger partial charge in [-0.2, -0.15) is 4.58 Å². The van der Waals surface area contributed by atoms with Gasteiger partial charge in [-0.25, -0.2) is 4.39 Å². The Morgan fingerprint density at radius 1 is 1.07 bits per heavy atom. The second-order valence-electron chi connectivity index (χ2n) is 7.50. The van der Waals surface area contributed by atoms with Gasteiger partial charge in [-0.3, -0.25) is 0 Å². The van der Waals surface area contributed by atoms with Crippen molar-refractivity contribution in [2.24, 2.45) is 0 Å². The molecular formula is C24H29ClFN2+. The molecule has 28 heavy (non-hydrogen) atoms. The number of hydrogen-bond donors (Lipinski definition) is 0. The number of benzene rings is 2. The van der Waals surface area contributed by atoms with Crippen molar-refractivity contribution in [3.63, 3.8) is 0 Å². The van der Waals surface area contributed by atoms with Crippen molar-refractivity contribution >= 4 is 34.8 Å². The summed E-state index contributed by atoms with van der Waals surface area (Å²) in [5.74, 6) is -0.194. The Hall–Kier alpha value is -2.13. The third-order valence-corrected chi connectivity index (χ3v) is 6.32. The standard InChI is InChI=1S/C24H29ClFN2/c1-6-24(4)20-15-18(25)11-13-22(20)27(5)23(24)14-10-17-9-12-19(16-21(17)26)28(7-2)8-3/h9-16H,6-8H2,1-5H3/q+1. The first-order valence-electron chi connectivity index (χ1n) is 9.99. The minimum absolute atomic E-state index is 0.150. The van der Waals surface area contributed by atoms with Crippen LogP contribution in [0.2, 0.25) is 5.02 Å². The summed E-state index contributed by atoms with van der Waals surface area (Å²) in [6.45, 7) is 10.3. The molecule has 0 fully saturated rings. The second kappa shape index (κ2) is 8.08. The largest absolute Gasteiger partial charge is 0.372 e. The normalized spacial score (nSPS) is 18.8. The smallest absolute Gasteiger partial charge is 0.209 e. The van der Waals surface area contributed by atoms with Crippen molar-refractivity contribution in [2.45, 2.75) is 39.5 Å². The fourth-order valence-corrected chi connectivity index (χ4v) is 4.33. The van der Waals surface area contributed by atoms with Gasteiger partial charge in [0.05, 0.1) is 5.41 Å². The Labute approximate surface area is 173 Å². The van der Waals surface area contributed by atoms with E-state index in [4.69, 9.17) is 11.6 Å². The number of fused-ring (bicyclic) bond motifs is 1. The lowest BCUT2D eigenvalue weighted by atomic mass is 9.77. The Morgan fingerprint density at radius 3 is 2.39 bits per heavy atom. The van der Waals surface area contributed by atoms with Gasteiger partial charge in [0.1, 0.15) is 12.9 Å². The number of halogens is 2. The summed E-state index contributed by atoms with van der Waals surface area (Å²) < 4.78 is 16.9. The van der Waals surface area contributed by atoms with E-state index in [2.05, 4.69) is 56.4 Å². The lowest BCUT2D eigenvalue weighted by molar-refractivity contribution is -0.401. The average molecular weight is 400 g/mol. The SMILES string of the molecule is CCN(CC)c1ccc(/C=C/C2=[N+](C)c3ccc(Cl)cc3C2(C)CC)c(F)c1. The van der Waals surface area contributed by atoms with Crippen molar-refractivity contribution in [3.8, 4) is 0 Å². The monoisotopic (exact) mass is 399 g/mol. The van der Waals surface area contributed by atoms with Crippen LogP contribution in [-0.4, -0.2) is 30.4 Å². The Bertz CT molecular complexity index is 944. The van der Waals surface area contributed by atoms with Gasteiger partial charge in [0, 0.05) is 47.1 Å². The summed E-state index contributed by atoms with van der Waals surface area (Å²) in [5, 5.41) is 0.745. The van der Waals surface area contributed by atoms with Gasteiger partial charge in [-0.05, 0) is 63.6 Å². The molecule has 2 aromatic carbocycles. The van der Waals surface area contributed by atoms with Gasteiger partial charge in [-0.15, -0.1) is 0 Å². The molecule has 3 rings (SSSR count). The fraction of sp³-hybridized carbons (Fsp3) is 0.375. The van der Waals surface area contributed by atoms with Crippen LogP contribution in [0.15, 0.2) is 42.5 Å². The first-order chi connectivity index (χ1) is 13.3. The molecule has 0 bridgehead atoms. The summed E-state index contributed by atoms with van der Waals surface area (Å²) in [6.07, 6.45) is 4.87. The van der Waals surface area contributed by atoms with Crippen LogP contribution in [0.5, 0.6) is 0 Å². The number of rotatable bonds is 6. The van der Waals surface area contributed by atoms with E-state index in [1.165, 1.54) is 5.56 Å². The molecule has 0 radical (unpaired) electrons. The zero-order valence-corrected chi connectivity index (χ0v) is 18.1. The molecule has 0 saturated heterocycles. The van der Waals surface area contributed by atoms with Crippen molar-refractivity contribution in [3.05, 3.63) is 64.4 Å². The highest BCUT2D eigenvalue weighted by Crippen LogP contribution is 2.43. The molecule has 0 spiro atoms. The van der Waals surface area contributed by atoms with Crippen LogP contribution < -0.4 is 4.90 Å². The molecule has 0 aromatic heterocycles. The van der Waals surface area contributed by atoms with Gasteiger partial charge < -0.3 is 4.90 Å². The lowest BCUT2D eigenvalue weighted by Crippen LogP contribution is -2.29. The Balaban J connectivity index is 1.97. The molecule has 0 aliphatic carbocycles. The van der Waals surface area contributed by atoms with Gasteiger partial charge in [-0.1, -0.05) is 18.5 Å². The van der Waals surface area contributed by atoms with Crippen LogP contribution in [0.4, 0.5) is 15.8 Å². The summed E-state index contributed by atoms with van der Waals surface area (Å²) in [4.78, 5) is 2.14. The molecule has 1 aliphatic heterocycles. The predicted molar refractivity (Wildman–Crippen MR) is 119 cm³/mol. The maximum atomic E-state index is 14.7. The number of allylic oxidation sites excluding steroid dienone is 1. The summed E-state index contributed by atoms with van der Waals surface area (Å²) in [5.41, 5.74) is 4.91. The Morgan fingerprint density at radius 2 is 1.79 bits per heavy atom. The summed E-state index contributed by atoms with van der Waals surface area (Å²) >= 11 is 6.26. The number of anilines is 1. The summed E-state index contributed by atoms with van der Waals surface area (Å²) in [7, 11) is 2.06. The van der Waals surface area contributed by atoms with Gasteiger partial charge in [0.15, 0.2) is 5.71 Å². The van der Waals surface area contributed by atoms with E-state index in [9.17, 15) is 4.39 Å². The van der Waals surface area contributed by atoms with Gasteiger partial charge >= 0.3 is 0 Å². The molecule has 0 amide bonds. The maximum absolute atomic E-state index is 14.7. The topological polar surface area (TPSA) is 6.25 Å². The third kappa shape index (κ3) is 3.48. The first-order valence-corrected chi connectivity index (χ1v) is 10.4. The highest BCUT2D eigenvalue weighted by molar-refractivity contribution is 6.30. The summed E-state index contributed by atoms with van der Waals surface area (Å²) in [6, 6.07) is 11.5. The fourth-order valence-electron chi connectivity index (χ4n) is 4.15. The van der Waals surface area contributed by atoms with E-state index in [-0.39, 0.29) is 11.2 Å². The predicted octanol–water partition coefficient (Wildman–Crippen LogP) is 6.43. The van der Waals surface area contributed by atoms with Crippen LogP contribution in [0, 0.1) is 5.82 Å². The molecule has 148 valence electrons. The van der Waals surface area contributed by atoms with E-state index in [1.54, 1.807) is 6.07 Å². The van der Waals surface area contributed by atoms with Crippen molar-refractivity contribution in [1.82, 2.24) is 0 Å². The van der Waals surface area contributed by atoms with Crippen LogP contribution in [0.3, 0.4) is 0 Å². The third-order valence-electron chi connectivity index (χ3n) is 6.08. The van der Waals surface area contributed by atoms with Crippen molar-refractivity contribution in [1.29, 1.82) is 0 Å². The number of hydrogen-bond acceptors (Lipinski definition) is 1. The Kier molecular flexibility index (Phi) is 5.95. The second-order valence-corrected chi connectivity index (χ2v) is 7.94. The van der Waals surface area contributed by atoms with Gasteiger partial charge in [0.25, 0.3) is 0 Å². The number of nitrogens with zero attached hydrogens (tertiary/aromatic N) is 2. The van der Waals surface area contributed by atoms with Crippen LogP contribution in [0.25, 0.3) is 6.08 Å². The maximum Gasteiger partial charge on any atom is 0.209 e. The highest BCUT2D eigenvalue weighted by Gasteiger charge is 2.45. The molecule has 0 N–H and O–H groups in total. The zero-order valence-electron chi connectivity index (χ0n) is 17.4. The molecular weight excluding hydrogens is 371 g/mol. The molecule has 1 heterocycles. The lowest BCUT2D eigenvalue weighted by Gasteiger charge is -2.21. The molecule has 2 nitrogen and oxygen atoms in total. The molecule has 2 aromatic rings. The minimum Gasteiger partial charge on any atom is -0.372 e.